The van der Waals surface area contributed by atoms with E-state index in [2.05, 4.69) is 10.6 Å². The summed E-state index contributed by atoms with van der Waals surface area (Å²) in [6, 6.07) is 8.43. The molecule has 1 amide bonds. The summed E-state index contributed by atoms with van der Waals surface area (Å²) in [7, 11) is 0. The molecule has 1 aliphatic carbocycles. The Hall–Kier alpha value is -2.57. The zero-order valence-electron chi connectivity index (χ0n) is 16.9. The molecule has 7 nitrogen and oxygen atoms in total. The number of nitrogens with one attached hydrogen (secondary N) is 2. The van der Waals surface area contributed by atoms with Crippen LogP contribution in [-0.2, 0) is 4.74 Å². The van der Waals surface area contributed by atoms with Crippen LogP contribution in [0.1, 0.15) is 40.0 Å². The molecule has 28 heavy (non-hydrogen) atoms. The fourth-order valence-electron chi connectivity index (χ4n) is 3.38. The van der Waals surface area contributed by atoms with Crippen LogP contribution < -0.4 is 10.6 Å². The first-order chi connectivity index (χ1) is 13.4. The number of ether oxygens (including phenoxy) is 1. The van der Waals surface area contributed by atoms with E-state index in [9.17, 15) is 4.79 Å². The Morgan fingerprint density at radius 3 is 2.46 bits per heavy atom. The van der Waals surface area contributed by atoms with E-state index in [-0.39, 0.29) is 6.09 Å². The first kappa shape index (κ1) is 18.8. The number of fused-ring (bicyclic) bond motifs is 1. The van der Waals surface area contributed by atoms with Crippen molar-refractivity contribution < 1.29 is 9.53 Å². The van der Waals surface area contributed by atoms with Crippen molar-refractivity contribution in [1.29, 1.82) is 0 Å². The van der Waals surface area contributed by atoms with Crippen molar-refractivity contribution in [3.05, 3.63) is 24.3 Å². The second-order valence-corrected chi connectivity index (χ2v) is 8.79. The monoisotopic (exact) mass is 383 g/mol. The highest BCUT2D eigenvalue weighted by Crippen LogP contribution is 2.29. The molecule has 2 heterocycles. The number of amides is 1. The fourth-order valence-corrected chi connectivity index (χ4v) is 3.38. The molecule has 7 heteroatoms. The van der Waals surface area contributed by atoms with Crippen LogP contribution in [0.2, 0.25) is 0 Å². The third-order valence-electron chi connectivity index (χ3n) is 4.98. The van der Waals surface area contributed by atoms with Crippen molar-refractivity contribution in [2.24, 2.45) is 5.92 Å². The summed E-state index contributed by atoms with van der Waals surface area (Å²) in [4.78, 5) is 23.6. The van der Waals surface area contributed by atoms with Gasteiger partial charge in [0.05, 0.1) is 11.0 Å². The summed E-state index contributed by atoms with van der Waals surface area (Å²) in [5, 5.41) is 6.96. The second-order valence-electron chi connectivity index (χ2n) is 8.79. The molecule has 2 aromatic rings. The van der Waals surface area contributed by atoms with Gasteiger partial charge in [-0.25, -0.2) is 14.8 Å². The van der Waals surface area contributed by atoms with Gasteiger partial charge in [-0.1, -0.05) is 12.1 Å². The van der Waals surface area contributed by atoms with Gasteiger partial charge in [0.2, 0.25) is 0 Å². The lowest BCUT2D eigenvalue weighted by molar-refractivity contribution is 0.0289. The summed E-state index contributed by atoms with van der Waals surface area (Å²) >= 11 is 0. The molecular weight excluding hydrogens is 354 g/mol. The number of carbonyl (C=O) groups is 1. The molecule has 1 saturated heterocycles. The standard InChI is InChI=1S/C21H29N5O2/c1-21(2,3)28-20(27)26-11-10-14(13-26)12-22-18-19(23-15-8-9-15)25-17-7-5-4-6-16(17)24-18/h4-7,14-15H,8-13H2,1-3H3,(H,22,24)(H,23,25)/t14-/m0/s1. The van der Waals surface area contributed by atoms with Gasteiger partial charge >= 0.3 is 6.09 Å². The van der Waals surface area contributed by atoms with Gasteiger partial charge in [0.15, 0.2) is 11.6 Å². The van der Waals surface area contributed by atoms with Gasteiger partial charge < -0.3 is 20.3 Å². The number of para-hydroxylation sites is 2. The Kier molecular flexibility index (Phi) is 5.00. The van der Waals surface area contributed by atoms with Crippen LogP contribution in [0.25, 0.3) is 11.0 Å². The highest BCUT2D eigenvalue weighted by molar-refractivity contribution is 5.80. The number of hydrogen-bond acceptors (Lipinski definition) is 6. The van der Waals surface area contributed by atoms with Crippen LogP contribution in [0.4, 0.5) is 16.4 Å². The number of rotatable bonds is 5. The summed E-state index contributed by atoms with van der Waals surface area (Å²) in [5.41, 5.74) is 1.32. The molecule has 0 spiro atoms. The van der Waals surface area contributed by atoms with Crippen molar-refractivity contribution in [2.45, 2.75) is 51.7 Å². The zero-order chi connectivity index (χ0) is 19.7. The lowest BCUT2D eigenvalue weighted by atomic mass is 10.1. The molecule has 1 aliphatic heterocycles. The SMILES string of the molecule is CC(C)(C)OC(=O)N1CC[C@@H](CNc2nc3ccccc3nc2NC2CC2)C1. The predicted molar refractivity (Wildman–Crippen MR) is 111 cm³/mol. The number of carbonyl (C=O) groups excluding carboxylic acids is 1. The highest BCUT2D eigenvalue weighted by atomic mass is 16.6. The highest BCUT2D eigenvalue weighted by Gasteiger charge is 2.30. The summed E-state index contributed by atoms with van der Waals surface area (Å²) in [6.07, 6.45) is 3.10. The molecular formula is C21H29N5O2. The van der Waals surface area contributed by atoms with Gasteiger partial charge in [-0.05, 0) is 58.1 Å². The lowest BCUT2D eigenvalue weighted by Gasteiger charge is -2.24. The topological polar surface area (TPSA) is 79.4 Å². The van der Waals surface area contributed by atoms with Crippen LogP contribution >= 0.6 is 0 Å². The fraction of sp³-hybridized carbons (Fsp3) is 0.571. The van der Waals surface area contributed by atoms with E-state index in [0.29, 0.717) is 18.5 Å². The smallest absolute Gasteiger partial charge is 0.410 e. The third kappa shape index (κ3) is 4.64. The predicted octanol–water partition coefficient (Wildman–Crippen LogP) is 3.87. The van der Waals surface area contributed by atoms with Crippen molar-refractivity contribution >= 4 is 28.8 Å². The van der Waals surface area contributed by atoms with Gasteiger partial charge in [-0.2, -0.15) is 0 Å². The van der Waals surface area contributed by atoms with Crippen LogP contribution in [-0.4, -0.2) is 52.2 Å². The number of benzene rings is 1. The minimum Gasteiger partial charge on any atom is -0.444 e. The molecule has 1 saturated carbocycles. The second kappa shape index (κ2) is 7.45. The van der Waals surface area contributed by atoms with E-state index in [0.717, 1.165) is 42.2 Å². The average Bonchev–Trinajstić information content (AvgIpc) is 3.32. The molecule has 1 aromatic carbocycles. The van der Waals surface area contributed by atoms with Crippen LogP contribution in [0.5, 0.6) is 0 Å². The van der Waals surface area contributed by atoms with Gasteiger partial charge in [0.1, 0.15) is 5.60 Å². The average molecular weight is 383 g/mol. The van der Waals surface area contributed by atoms with E-state index < -0.39 is 5.60 Å². The Bertz CT molecular complexity index is 859. The molecule has 0 bridgehead atoms. The number of likely N-dealkylation sites (tertiary alicyclic amines) is 1. The molecule has 0 unspecified atom stereocenters. The number of aromatic nitrogens is 2. The van der Waals surface area contributed by atoms with E-state index in [1.807, 2.05) is 45.0 Å². The zero-order valence-corrected chi connectivity index (χ0v) is 16.9. The van der Waals surface area contributed by atoms with Gasteiger partial charge in [-0.3, -0.25) is 0 Å². The lowest BCUT2D eigenvalue weighted by Crippen LogP contribution is -2.35. The maximum absolute atomic E-state index is 12.3. The van der Waals surface area contributed by atoms with Gasteiger partial charge in [0, 0.05) is 25.7 Å². The summed E-state index contributed by atoms with van der Waals surface area (Å²) in [6.45, 7) is 7.88. The van der Waals surface area contributed by atoms with Gasteiger partial charge in [0.25, 0.3) is 0 Å². The quantitative estimate of drug-likeness (QED) is 0.816. The van der Waals surface area contributed by atoms with Crippen molar-refractivity contribution in [2.75, 3.05) is 30.3 Å². The minimum atomic E-state index is -0.461. The first-order valence-corrected chi connectivity index (χ1v) is 10.1. The Morgan fingerprint density at radius 1 is 1.14 bits per heavy atom. The molecule has 150 valence electrons. The summed E-state index contributed by atoms with van der Waals surface area (Å²) in [5.74, 6) is 1.99. The normalized spacial score (nSPS) is 19.7. The van der Waals surface area contributed by atoms with Gasteiger partial charge in [-0.15, -0.1) is 0 Å². The summed E-state index contributed by atoms with van der Waals surface area (Å²) < 4.78 is 5.48. The molecule has 4 rings (SSSR count). The maximum Gasteiger partial charge on any atom is 0.410 e. The molecule has 0 radical (unpaired) electrons. The van der Waals surface area contributed by atoms with Crippen molar-refractivity contribution in [3.8, 4) is 0 Å². The number of anilines is 2. The largest absolute Gasteiger partial charge is 0.444 e. The molecule has 2 fully saturated rings. The number of hydrogen-bond donors (Lipinski definition) is 2. The molecule has 2 aliphatic rings. The van der Waals surface area contributed by atoms with E-state index in [4.69, 9.17) is 14.7 Å². The van der Waals surface area contributed by atoms with Crippen molar-refractivity contribution in [1.82, 2.24) is 14.9 Å². The molecule has 1 atom stereocenters. The maximum atomic E-state index is 12.3. The third-order valence-corrected chi connectivity index (χ3v) is 4.98. The number of nitrogens with zero attached hydrogens (tertiary/aromatic N) is 3. The van der Waals surface area contributed by atoms with E-state index >= 15 is 0 Å². The Labute approximate surface area is 165 Å². The van der Waals surface area contributed by atoms with Crippen LogP contribution in [0, 0.1) is 5.92 Å². The first-order valence-electron chi connectivity index (χ1n) is 10.1. The minimum absolute atomic E-state index is 0.225. The van der Waals surface area contributed by atoms with Crippen LogP contribution in [0.3, 0.4) is 0 Å². The molecule has 2 N–H and O–H groups in total. The van der Waals surface area contributed by atoms with E-state index in [1.165, 1.54) is 12.8 Å². The van der Waals surface area contributed by atoms with E-state index in [1.54, 1.807) is 4.90 Å². The van der Waals surface area contributed by atoms with Crippen molar-refractivity contribution in [3.63, 3.8) is 0 Å². The Balaban J connectivity index is 1.40. The molecule has 1 aromatic heterocycles. The Morgan fingerprint density at radius 2 is 1.82 bits per heavy atom. The van der Waals surface area contributed by atoms with Crippen LogP contribution in [0.15, 0.2) is 24.3 Å².